The van der Waals surface area contributed by atoms with E-state index in [0.29, 0.717) is 0 Å². The van der Waals surface area contributed by atoms with E-state index in [4.69, 9.17) is 4.98 Å². The van der Waals surface area contributed by atoms with Gasteiger partial charge in [0.25, 0.3) is 0 Å². The number of benzene rings is 6. The van der Waals surface area contributed by atoms with Crippen molar-refractivity contribution in [1.29, 1.82) is 0 Å². The van der Waals surface area contributed by atoms with Crippen LogP contribution in [-0.4, -0.2) is 9.97 Å². The van der Waals surface area contributed by atoms with Crippen molar-refractivity contribution in [2.24, 2.45) is 0 Å². The summed E-state index contributed by atoms with van der Waals surface area (Å²) in [5.74, 6) is 0. The lowest BCUT2D eigenvalue weighted by Crippen LogP contribution is -1.84. The fourth-order valence-corrected chi connectivity index (χ4v) is 6.51. The van der Waals surface area contributed by atoms with Crippen molar-refractivity contribution in [1.82, 2.24) is 9.97 Å². The van der Waals surface area contributed by atoms with Gasteiger partial charge in [-0.05, 0) is 51.6 Å². The molecule has 3 heteroatoms. The monoisotopic (exact) mass is 476 g/mol. The third-order valence-corrected chi connectivity index (χ3v) is 8.32. The second kappa shape index (κ2) is 7.51. The predicted octanol–water partition coefficient (Wildman–Crippen LogP) is 9.57. The minimum Gasteiger partial charge on any atom is -0.354 e. The predicted molar refractivity (Wildman–Crippen MR) is 155 cm³/mol. The van der Waals surface area contributed by atoms with Gasteiger partial charge in [-0.2, -0.15) is 0 Å². The van der Waals surface area contributed by atoms with Gasteiger partial charge in [-0.25, -0.2) is 4.98 Å². The summed E-state index contributed by atoms with van der Waals surface area (Å²) in [4.78, 5) is 8.58. The van der Waals surface area contributed by atoms with Gasteiger partial charge in [-0.15, -0.1) is 11.3 Å². The maximum Gasteiger partial charge on any atom is 0.124 e. The summed E-state index contributed by atoms with van der Waals surface area (Å²) in [7, 11) is 0. The highest BCUT2D eigenvalue weighted by molar-refractivity contribution is 7.21. The Labute approximate surface area is 211 Å². The summed E-state index contributed by atoms with van der Waals surface area (Å²) < 4.78 is 1.22. The Balaban J connectivity index is 1.37. The number of aromatic nitrogens is 2. The van der Waals surface area contributed by atoms with Crippen molar-refractivity contribution in [3.05, 3.63) is 115 Å². The molecule has 8 rings (SSSR count). The first kappa shape index (κ1) is 19.8. The second-order valence-electron chi connectivity index (χ2n) is 9.29. The number of nitrogens with zero attached hydrogens (tertiary/aromatic N) is 1. The maximum atomic E-state index is 4.85. The Bertz CT molecular complexity index is 2060. The zero-order valence-corrected chi connectivity index (χ0v) is 20.1. The van der Waals surface area contributed by atoms with Gasteiger partial charge in [0.05, 0.1) is 15.7 Å². The number of hydrogen-bond acceptors (Lipinski definition) is 2. The summed E-state index contributed by atoms with van der Waals surface area (Å²) in [6.45, 7) is 0. The number of thiazole rings is 1. The zero-order valence-electron chi connectivity index (χ0n) is 19.3. The van der Waals surface area contributed by atoms with Crippen molar-refractivity contribution in [3.8, 4) is 21.7 Å². The highest BCUT2D eigenvalue weighted by Gasteiger charge is 2.15. The molecule has 0 atom stereocenters. The number of H-pyrrole nitrogens is 1. The van der Waals surface area contributed by atoms with Crippen LogP contribution in [0.1, 0.15) is 0 Å². The zero-order chi connectivity index (χ0) is 23.6. The molecule has 0 fully saturated rings. The molecule has 168 valence electrons. The van der Waals surface area contributed by atoms with Gasteiger partial charge in [0.15, 0.2) is 0 Å². The van der Waals surface area contributed by atoms with E-state index in [2.05, 4.69) is 114 Å². The van der Waals surface area contributed by atoms with E-state index >= 15 is 0 Å². The van der Waals surface area contributed by atoms with Crippen molar-refractivity contribution in [3.63, 3.8) is 0 Å². The lowest BCUT2D eigenvalue weighted by Gasteiger charge is -2.10. The smallest absolute Gasteiger partial charge is 0.124 e. The highest BCUT2D eigenvalue weighted by Crippen LogP contribution is 2.41. The Kier molecular flexibility index (Phi) is 4.13. The van der Waals surface area contributed by atoms with E-state index in [9.17, 15) is 0 Å². The van der Waals surface area contributed by atoms with E-state index in [1.165, 1.54) is 59.2 Å². The normalized spacial score (nSPS) is 11.9. The van der Waals surface area contributed by atoms with Crippen LogP contribution in [-0.2, 0) is 0 Å². The number of fused-ring (bicyclic) bond motifs is 8. The number of para-hydroxylation sites is 1. The third kappa shape index (κ3) is 2.87. The number of aromatic amines is 1. The first-order valence-electron chi connectivity index (χ1n) is 12.1. The largest absolute Gasteiger partial charge is 0.354 e. The first-order valence-corrected chi connectivity index (χ1v) is 13.0. The summed E-state index contributed by atoms with van der Waals surface area (Å²) in [6, 6.07) is 41.4. The molecule has 36 heavy (non-hydrogen) atoms. The van der Waals surface area contributed by atoms with Crippen LogP contribution in [0.25, 0.3) is 75.3 Å². The average Bonchev–Trinajstić information content (AvgIpc) is 3.55. The molecule has 8 aromatic rings. The molecular weight excluding hydrogens is 456 g/mol. The van der Waals surface area contributed by atoms with Crippen LogP contribution in [0.15, 0.2) is 115 Å². The van der Waals surface area contributed by atoms with Gasteiger partial charge in [-0.3, -0.25) is 0 Å². The van der Waals surface area contributed by atoms with E-state index in [1.807, 2.05) is 6.07 Å². The Morgan fingerprint density at radius 3 is 2.17 bits per heavy atom. The number of nitrogens with one attached hydrogen (secondary N) is 1. The lowest BCUT2D eigenvalue weighted by molar-refractivity contribution is 1.48. The molecule has 6 aromatic carbocycles. The summed E-state index contributed by atoms with van der Waals surface area (Å²) in [6.07, 6.45) is 0. The van der Waals surface area contributed by atoms with Crippen LogP contribution < -0.4 is 0 Å². The molecule has 1 N–H and O–H groups in total. The SMILES string of the molecule is c1ccc2c(c1)ccc1[nH]c3c4ccccc4c(-c4ccc(-c5nc6ccccc6s5)cc4)cc3c12. The van der Waals surface area contributed by atoms with Crippen LogP contribution in [0, 0.1) is 0 Å². The number of rotatable bonds is 2. The minimum atomic E-state index is 1.06. The van der Waals surface area contributed by atoms with Gasteiger partial charge in [0.2, 0.25) is 0 Å². The molecule has 0 unspecified atom stereocenters. The first-order chi connectivity index (χ1) is 17.8. The topological polar surface area (TPSA) is 28.7 Å². The van der Waals surface area contributed by atoms with Crippen LogP contribution in [0.5, 0.6) is 0 Å². The van der Waals surface area contributed by atoms with Crippen LogP contribution >= 0.6 is 11.3 Å². The molecule has 0 saturated heterocycles. The Morgan fingerprint density at radius 2 is 1.31 bits per heavy atom. The summed E-state index contributed by atoms with van der Waals surface area (Å²) in [5, 5.41) is 8.68. The summed E-state index contributed by atoms with van der Waals surface area (Å²) >= 11 is 1.74. The van der Waals surface area contributed by atoms with Crippen LogP contribution in [0.2, 0.25) is 0 Å². The minimum absolute atomic E-state index is 1.06. The molecule has 0 aliphatic rings. The average molecular weight is 477 g/mol. The quantitative estimate of drug-likeness (QED) is 0.264. The molecule has 0 aliphatic carbocycles. The van der Waals surface area contributed by atoms with Crippen LogP contribution in [0.4, 0.5) is 0 Å². The molecule has 2 aromatic heterocycles. The third-order valence-electron chi connectivity index (χ3n) is 7.24. The number of hydrogen-bond donors (Lipinski definition) is 1. The second-order valence-corrected chi connectivity index (χ2v) is 10.3. The van der Waals surface area contributed by atoms with Gasteiger partial charge in [-0.1, -0.05) is 91.0 Å². The fourth-order valence-electron chi connectivity index (χ4n) is 5.53. The molecule has 0 saturated carbocycles. The van der Waals surface area contributed by atoms with Crippen LogP contribution in [0.3, 0.4) is 0 Å². The molecule has 2 heterocycles. The molecular formula is C33H20N2S. The van der Waals surface area contributed by atoms with Gasteiger partial charge in [0.1, 0.15) is 5.01 Å². The highest BCUT2D eigenvalue weighted by atomic mass is 32.1. The van der Waals surface area contributed by atoms with E-state index in [0.717, 1.165) is 16.1 Å². The molecule has 0 amide bonds. The standard InChI is InChI=1S/C33H20N2S/c1-2-8-23-20(7-1)17-18-29-31(23)27-19-26(24-9-3-4-10-25(24)32(27)34-29)21-13-15-22(16-14-21)33-35-28-11-5-6-12-30(28)36-33/h1-19,34H. The van der Waals surface area contributed by atoms with Crippen molar-refractivity contribution in [2.45, 2.75) is 0 Å². The van der Waals surface area contributed by atoms with Gasteiger partial charge < -0.3 is 4.98 Å². The molecule has 2 nitrogen and oxygen atoms in total. The fraction of sp³-hybridized carbons (Fsp3) is 0. The molecule has 0 spiro atoms. The Morgan fingerprint density at radius 1 is 0.583 bits per heavy atom. The van der Waals surface area contributed by atoms with E-state index in [1.54, 1.807) is 11.3 Å². The van der Waals surface area contributed by atoms with Gasteiger partial charge in [0, 0.05) is 27.2 Å². The summed E-state index contributed by atoms with van der Waals surface area (Å²) in [5.41, 5.74) is 7.06. The molecule has 0 radical (unpaired) electrons. The van der Waals surface area contributed by atoms with Crippen molar-refractivity contribution < 1.29 is 0 Å². The Hall–Kier alpha value is -4.47. The van der Waals surface area contributed by atoms with Crippen molar-refractivity contribution >= 4 is 64.9 Å². The lowest BCUT2D eigenvalue weighted by atomic mass is 9.94. The molecule has 0 bridgehead atoms. The maximum absolute atomic E-state index is 4.85. The van der Waals surface area contributed by atoms with E-state index < -0.39 is 0 Å². The van der Waals surface area contributed by atoms with Crippen molar-refractivity contribution in [2.75, 3.05) is 0 Å². The van der Waals surface area contributed by atoms with E-state index in [-0.39, 0.29) is 0 Å². The van der Waals surface area contributed by atoms with Gasteiger partial charge >= 0.3 is 0 Å². The molecule has 0 aliphatic heterocycles.